The molecule has 1 fully saturated rings. The summed E-state index contributed by atoms with van der Waals surface area (Å²) in [5.74, 6) is 1.81. The van der Waals surface area contributed by atoms with Gasteiger partial charge in [-0.1, -0.05) is 26.0 Å². The number of rotatable bonds is 7. The minimum atomic E-state index is -0.238. The summed E-state index contributed by atoms with van der Waals surface area (Å²) >= 11 is 0. The number of nitrogens with one attached hydrogen (secondary N) is 1. The second kappa shape index (κ2) is 12.7. The fourth-order valence-electron chi connectivity index (χ4n) is 2.81. The van der Waals surface area contributed by atoms with Crippen LogP contribution in [-0.2, 0) is 11.3 Å². The van der Waals surface area contributed by atoms with Crippen molar-refractivity contribution in [2.75, 3.05) is 26.3 Å². The third-order valence-corrected chi connectivity index (χ3v) is 4.31. The first-order valence-electron chi connectivity index (χ1n) is 9.67. The van der Waals surface area contributed by atoms with Crippen LogP contribution >= 0.6 is 24.0 Å². The maximum absolute atomic E-state index is 11.7. The summed E-state index contributed by atoms with van der Waals surface area (Å²) in [4.78, 5) is 17.9. The van der Waals surface area contributed by atoms with E-state index in [2.05, 4.69) is 24.2 Å². The number of benzene rings is 1. The molecular weight excluding hydrogens is 471 g/mol. The van der Waals surface area contributed by atoms with E-state index in [-0.39, 0.29) is 36.1 Å². The minimum absolute atomic E-state index is 0. The summed E-state index contributed by atoms with van der Waals surface area (Å²) < 4.78 is 10.7. The Morgan fingerprint density at radius 1 is 1.29 bits per heavy atom. The predicted octanol–water partition coefficient (Wildman–Crippen LogP) is 3.36. The monoisotopic (exact) mass is 504 g/mol. The van der Waals surface area contributed by atoms with Gasteiger partial charge in [-0.15, -0.1) is 24.0 Å². The number of halogens is 1. The number of carbonyl (C=O) groups is 1. The summed E-state index contributed by atoms with van der Waals surface area (Å²) in [5, 5.41) is 3.25. The van der Waals surface area contributed by atoms with Crippen molar-refractivity contribution in [3.63, 3.8) is 0 Å². The van der Waals surface area contributed by atoms with Gasteiger partial charge in [-0.3, -0.25) is 0 Å². The summed E-state index contributed by atoms with van der Waals surface area (Å²) in [6.45, 7) is 9.04. The number of piperidine rings is 1. The first-order chi connectivity index (χ1) is 13.0. The smallest absolute Gasteiger partial charge is 0.409 e. The van der Waals surface area contributed by atoms with Gasteiger partial charge in [0.25, 0.3) is 0 Å². The van der Waals surface area contributed by atoms with Crippen molar-refractivity contribution < 1.29 is 14.3 Å². The van der Waals surface area contributed by atoms with Crippen LogP contribution in [0.15, 0.2) is 29.3 Å². The van der Waals surface area contributed by atoms with Crippen LogP contribution in [-0.4, -0.2) is 49.3 Å². The van der Waals surface area contributed by atoms with Crippen LogP contribution in [0, 0.1) is 5.92 Å². The molecule has 8 heteroatoms. The number of nitrogens with two attached hydrogens (primary N) is 1. The molecule has 0 spiro atoms. The molecule has 0 saturated carbocycles. The zero-order valence-electron chi connectivity index (χ0n) is 17.0. The van der Waals surface area contributed by atoms with Gasteiger partial charge < -0.3 is 25.4 Å². The second-order valence-electron chi connectivity index (χ2n) is 7.15. The fraction of sp³-hybridized carbons (Fsp3) is 0.600. The van der Waals surface area contributed by atoms with Crippen molar-refractivity contribution in [1.82, 2.24) is 10.2 Å². The molecule has 0 unspecified atom stereocenters. The average Bonchev–Trinajstić information content (AvgIpc) is 2.66. The van der Waals surface area contributed by atoms with E-state index in [1.54, 1.807) is 4.90 Å². The third kappa shape index (κ3) is 8.53. The average molecular weight is 504 g/mol. The van der Waals surface area contributed by atoms with Crippen LogP contribution in [0.25, 0.3) is 0 Å². The lowest BCUT2D eigenvalue weighted by Crippen LogP contribution is -2.48. The molecule has 1 aromatic carbocycles. The fourth-order valence-corrected chi connectivity index (χ4v) is 2.81. The van der Waals surface area contributed by atoms with Gasteiger partial charge in [0, 0.05) is 19.1 Å². The van der Waals surface area contributed by atoms with Gasteiger partial charge in [0.1, 0.15) is 5.75 Å². The number of aliphatic imine (C=N–C) groups is 1. The molecule has 0 aliphatic carbocycles. The number of nitrogens with zero attached hydrogens (tertiary/aromatic N) is 2. The van der Waals surface area contributed by atoms with E-state index in [1.807, 2.05) is 31.2 Å². The Morgan fingerprint density at radius 3 is 2.50 bits per heavy atom. The summed E-state index contributed by atoms with van der Waals surface area (Å²) in [5.41, 5.74) is 7.09. The van der Waals surface area contributed by atoms with Crippen LogP contribution < -0.4 is 15.8 Å². The van der Waals surface area contributed by atoms with E-state index >= 15 is 0 Å². The molecule has 1 amide bonds. The highest BCUT2D eigenvalue weighted by molar-refractivity contribution is 14.0. The summed E-state index contributed by atoms with van der Waals surface area (Å²) in [6, 6.07) is 8.16. The molecule has 7 nitrogen and oxygen atoms in total. The molecule has 0 radical (unpaired) electrons. The van der Waals surface area contributed by atoms with Gasteiger partial charge in [0.05, 0.1) is 19.8 Å². The molecule has 0 bridgehead atoms. The molecule has 1 heterocycles. The number of ether oxygens (including phenoxy) is 2. The number of hydrogen-bond acceptors (Lipinski definition) is 4. The number of guanidine groups is 1. The van der Waals surface area contributed by atoms with Crippen molar-refractivity contribution in [2.45, 2.75) is 46.2 Å². The number of carbonyl (C=O) groups excluding carboxylic acids is 1. The van der Waals surface area contributed by atoms with Gasteiger partial charge >= 0.3 is 6.09 Å². The SMILES string of the molecule is CCOC(=O)N1CCC(NC(N)=NCc2ccc(OCC(C)C)cc2)CC1.I. The van der Waals surface area contributed by atoms with Gasteiger partial charge in [0.2, 0.25) is 0 Å². The maximum atomic E-state index is 11.7. The first kappa shape index (κ1) is 24.3. The topological polar surface area (TPSA) is 89.2 Å². The van der Waals surface area contributed by atoms with E-state index < -0.39 is 0 Å². The van der Waals surface area contributed by atoms with Crippen LogP contribution in [0.2, 0.25) is 0 Å². The van der Waals surface area contributed by atoms with Gasteiger partial charge in [-0.05, 0) is 43.4 Å². The van der Waals surface area contributed by atoms with E-state index in [0.717, 1.165) is 24.2 Å². The Bertz CT molecular complexity index is 614. The lowest BCUT2D eigenvalue weighted by atomic mass is 10.1. The largest absolute Gasteiger partial charge is 0.493 e. The van der Waals surface area contributed by atoms with Crippen molar-refractivity contribution in [3.05, 3.63) is 29.8 Å². The molecule has 0 atom stereocenters. The number of amides is 1. The molecular formula is C20H33IN4O3. The lowest BCUT2D eigenvalue weighted by Gasteiger charge is -2.31. The van der Waals surface area contributed by atoms with Crippen LogP contribution in [0.3, 0.4) is 0 Å². The number of hydrogen-bond donors (Lipinski definition) is 2. The number of likely N-dealkylation sites (tertiary alicyclic amines) is 1. The standard InChI is InChI=1S/C20H32N4O3.HI/c1-4-26-20(25)24-11-9-17(10-12-24)23-19(21)22-13-16-5-7-18(8-6-16)27-14-15(2)3;/h5-8,15,17H,4,9-14H2,1-3H3,(H3,21,22,23);1H. The van der Waals surface area contributed by atoms with E-state index in [4.69, 9.17) is 15.2 Å². The summed E-state index contributed by atoms with van der Waals surface area (Å²) in [6.07, 6.45) is 1.42. The van der Waals surface area contributed by atoms with E-state index in [1.165, 1.54) is 0 Å². The molecule has 28 heavy (non-hydrogen) atoms. The lowest BCUT2D eigenvalue weighted by molar-refractivity contribution is 0.0963. The van der Waals surface area contributed by atoms with E-state index in [9.17, 15) is 4.79 Å². The van der Waals surface area contributed by atoms with Gasteiger partial charge in [0.15, 0.2) is 5.96 Å². The Balaban J connectivity index is 0.00000392. The van der Waals surface area contributed by atoms with Crippen molar-refractivity contribution >= 4 is 36.0 Å². The predicted molar refractivity (Wildman–Crippen MR) is 122 cm³/mol. The quantitative estimate of drug-likeness (QED) is 0.338. The molecule has 158 valence electrons. The molecule has 0 aromatic heterocycles. The molecule has 1 aliphatic heterocycles. The highest BCUT2D eigenvalue weighted by Gasteiger charge is 2.23. The zero-order valence-corrected chi connectivity index (χ0v) is 19.3. The zero-order chi connectivity index (χ0) is 19.6. The first-order valence-corrected chi connectivity index (χ1v) is 9.67. The molecule has 2 rings (SSSR count). The highest BCUT2D eigenvalue weighted by Crippen LogP contribution is 2.14. The third-order valence-electron chi connectivity index (χ3n) is 4.31. The van der Waals surface area contributed by atoms with Crippen molar-refractivity contribution in [1.29, 1.82) is 0 Å². The van der Waals surface area contributed by atoms with E-state index in [0.29, 0.717) is 44.7 Å². The molecule has 3 N–H and O–H groups in total. The van der Waals surface area contributed by atoms with Gasteiger partial charge in [-0.25, -0.2) is 9.79 Å². The summed E-state index contributed by atoms with van der Waals surface area (Å²) in [7, 11) is 0. The highest BCUT2D eigenvalue weighted by atomic mass is 127. The van der Waals surface area contributed by atoms with Crippen molar-refractivity contribution in [2.24, 2.45) is 16.6 Å². The molecule has 1 aliphatic rings. The Hall–Kier alpha value is -1.71. The van der Waals surface area contributed by atoms with Gasteiger partial charge in [-0.2, -0.15) is 0 Å². The normalized spacial score (nSPS) is 15.1. The minimum Gasteiger partial charge on any atom is -0.493 e. The maximum Gasteiger partial charge on any atom is 0.409 e. The van der Waals surface area contributed by atoms with Crippen LogP contribution in [0.4, 0.5) is 4.79 Å². The molecule has 1 saturated heterocycles. The molecule has 1 aromatic rings. The van der Waals surface area contributed by atoms with Crippen molar-refractivity contribution in [3.8, 4) is 5.75 Å². The Labute approximate surface area is 185 Å². The Kier molecular flexibility index (Phi) is 11.0. The Morgan fingerprint density at radius 2 is 1.93 bits per heavy atom. The van der Waals surface area contributed by atoms with Crippen LogP contribution in [0.1, 0.15) is 39.2 Å². The van der Waals surface area contributed by atoms with Crippen LogP contribution in [0.5, 0.6) is 5.75 Å². The second-order valence-corrected chi connectivity index (χ2v) is 7.15.